The fourth-order valence-electron chi connectivity index (χ4n) is 3.13. The maximum absolute atomic E-state index is 2.37. The lowest BCUT2D eigenvalue weighted by molar-refractivity contribution is 0.209. The number of hydrogen-bond donors (Lipinski definition) is 0. The van der Waals surface area contributed by atoms with Gasteiger partial charge in [-0.25, -0.2) is 0 Å². The van der Waals surface area contributed by atoms with Gasteiger partial charge >= 0.3 is 0 Å². The first-order valence-electron chi connectivity index (χ1n) is 6.49. The van der Waals surface area contributed by atoms with E-state index < -0.39 is 0 Å². The topological polar surface area (TPSA) is 0 Å². The zero-order chi connectivity index (χ0) is 10.7. The van der Waals surface area contributed by atoms with Crippen molar-refractivity contribution in [1.29, 1.82) is 0 Å². The lowest BCUT2D eigenvalue weighted by Gasteiger charge is -2.46. The Morgan fingerprint density at radius 3 is 2.27 bits per heavy atom. The molecule has 0 nitrogen and oxygen atoms in total. The molecule has 1 saturated carbocycles. The fourth-order valence-corrected chi connectivity index (χ4v) is 3.13. The van der Waals surface area contributed by atoms with Gasteiger partial charge in [0.1, 0.15) is 0 Å². The molecular formula is C15H22. The molecule has 15 heavy (non-hydrogen) atoms. The lowest BCUT2D eigenvalue weighted by Crippen LogP contribution is -2.37. The minimum atomic E-state index is 0.634. The van der Waals surface area contributed by atoms with Crippen molar-refractivity contribution in [3.05, 3.63) is 35.4 Å². The highest BCUT2D eigenvalue weighted by Crippen LogP contribution is 2.50. The number of aryl methyl sites for hydroxylation is 1. The molecule has 1 fully saturated rings. The second-order valence-corrected chi connectivity index (χ2v) is 4.64. The zero-order valence-corrected chi connectivity index (χ0v) is 10.1. The van der Waals surface area contributed by atoms with Crippen molar-refractivity contribution < 1.29 is 0 Å². The Bertz CT molecular complexity index is 321. The maximum Gasteiger partial charge on any atom is -0.00441 e. The highest BCUT2D eigenvalue weighted by Gasteiger charge is 2.40. The van der Waals surface area contributed by atoms with Gasteiger partial charge in [-0.2, -0.15) is 0 Å². The van der Waals surface area contributed by atoms with Gasteiger partial charge in [0.2, 0.25) is 0 Å². The van der Waals surface area contributed by atoms with Crippen molar-refractivity contribution in [3.8, 4) is 0 Å². The molecule has 1 aromatic carbocycles. The SMILES string of the molecule is CC.c1ccc2c(c1)CCCC21CCC1. The Morgan fingerprint density at radius 1 is 0.933 bits per heavy atom. The van der Waals surface area contributed by atoms with Crippen molar-refractivity contribution in [2.75, 3.05) is 0 Å². The highest BCUT2D eigenvalue weighted by atomic mass is 14.4. The predicted octanol–water partition coefficient (Wildman–Crippen LogP) is 4.47. The number of fused-ring (bicyclic) bond motifs is 2. The highest BCUT2D eigenvalue weighted by molar-refractivity contribution is 5.38. The average Bonchev–Trinajstić information content (AvgIpc) is 2.29. The van der Waals surface area contributed by atoms with Crippen LogP contribution in [-0.4, -0.2) is 0 Å². The van der Waals surface area contributed by atoms with Crippen molar-refractivity contribution in [3.63, 3.8) is 0 Å². The summed E-state index contributed by atoms with van der Waals surface area (Å²) in [6.07, 6.45) is 8.53. The van der Waals surface area contributed by atoms with E-state index in [4.69, 9.17) is 0 Å². The number of rotatable bonds is 0. The van der Waals surface area contributed by atoms with Crippen LogP contribution in [0.5, 0.6) is 0 Å². The van der Waals surface area contributed by atoms with Gasteiger partial charge in [-0.05, 0) is 48.6 Å². The molecule has 0 heterocycles. The van der Waals surface area contributed by atoms with Crippen LogP contribution in [0.2, 0.25) is 0 Å². The lowest BCUT2D eigenvalue weighted by atomic mass is 9.58. The molecule has 1 spiro atoms. The van der Waals surface area contributed by atoms with E-state index in [0.29, 0.717) is 5.41 Å². The fraction of sp³-hybridized carbons (Fsp3) is 0.600. The van der Waals surface area contributed by atoms with Crippen molar-refractivity contribution in [2.24, 2.45) is 0 Å². The minimum absolute atomic E-state index is 0.634. The van der Waals surface area contributed by atoms with Crippen LogP contribution in [0.1, 0.15) is 57.1 Å². The largest absolute Gasteiger partial charge is 0.0683 e. The third-order valence-corrected chi connectivity index (χ3v) is 4.00. The molecule has 0 amide bonds. The molecule has 0 radical (unpaired) electrons. The second kappa shape index (κ2) is 4.38. The van der Waals surface area contributed by atoms with E-state index in [1.165, 1.54) is 38.5 Å². The van der Waals surface area contributed by atoms with Gasteiger partial charge < -0.3 is 0 Å². The monoisotopic (exact) mass is 202 g/mol. The molecule has 0 N–H and O–H groups in total. The van der Waals surface area contributed by atoms with Crippen LogP contribution in [0.4, 0.5) is 0 Å². The third kappa shape index (κ3) is 1.71. The predicted molar refractivity (Wildman–Crippen MR) is 66.3 cm³/mol. The smallest absolute Gasteiger partial charge is 0.00441 e. The molecule has 1 aromatic rings. The molecule has 0 bridgehead atoms. The van der Waals surface area contributed by atoms with Gasteiger partial charge in [-0.3, -0.25) is 0 Å². The van der Waals surface area contributed by atoms with E-state index in [-0.39, 0.29) is 0 Å². The van der Waals surface area contributed by atoms with Gasteiger partial charge in [0, 0.05) is 0 Å². The maximum atomic E-state index is 2.37. The zero-order valence-electron chi connectivity index (χ0n) is 10.1. The summed E-state index contributed by atoms with van der Waals surface area (Å²) in [6.45, 7) is 4.00. The molecule has 0 unspecified atom stereocenters. The van der Waals surface area contributed by atoms with E-state index in [1.807, 2.05) is 13.8 Å². The van der Waals surface area contributed by atoms with Crippen molar-refractivity contribution in [2.45, 2.75) is 57.8 Å². The quantitative estimate of drug-likeness (QED) is 0.582. The molecule has 0 aliphatic heterocycles. The van der Waals surface area contributed by atoms with Crippen molar-refractivity contribution in [1.82, 2.24) is 0 Å². The van der Waals surface area contributed by atoms with E-state index in [0.717, 1.165) is 0 Å². The first kappa shape index (κ1) is 10.7. The van der Waals surface area contributed by atoms with Crippen LogP contribution < -0.4 is 0 Å². The first-order valence-corrected chi connectivity index (χ1v) is 6.49. The standard InChI is InChI=1S/C13H16.C2H6/c1-2-7-12-11(5-1)6-3-8-13(12)9-4-10-13;1-2/h1-2,5,7H,3-4,6,8-10H2;1-2H3. The van der Waals surface area contributed by atoms with Crippen LogP contribution in [0.3, 0.4) is 0 Å². The third-order valence-electron chi connectivity index (χ3n) is 4.00. The Kier molecular flexibility index (Phi) is 3.14. The van der Waals surface area contributed by atoms with E-state index >= 15 is 0 Å². The normalized spacial score (nSPS) is 20.9. The molecule has 82 valence electrons. The van der Waals surface area contributed by atoms with E-state index in [1.54, 1.807) is 11.1 Å². The summed E-state index contributed by atoms with van der Waals surface area (Å²) in [6, 6.07) is 9.10. The molecular weight excluding hydrogens is 180 g/mol. The van der Waals surface area contributed by atoms with E-state index in [2.05, 4.69) is 24.3 Å². The Hall–Kier alpha value is -0.780. The van der Waals surface area contributed by atoms with E-state index in [9.17, 15) is 0 Å². The van der Waals surface area contributed by atoms with Gasteiger partial charge in [0.05, 0.1) is 0 Å². The Labute approximate surface area is 93.7 Å². The van der Waals surface area contributed by atoms with Crippen LogP contribution in [0.15, 0.2) is 24.3 Å². The summed E-state index contributed by atoms with van der Waals surface area (Å²) < 4.78 is 0. The van der Waals surface area contributed by atoms with Gasteiger partial charge in [0.25, 0.3) is 0 Å². The summed E-state index contributed by atoms with van der Waals surface area (Å²) in [5.41, 5.74) is 3.95. The van der Waals surface area contributed by atoms with Crippen LogP contribution in [-0.2, 0) is 11.8 Å². The van der Waals surface area contributed by atoms with Gasteiger partial charge in [-0.15, -0.1) is 0 Å². The van der Waals surface area contributed by atoms with Crippen LogP contribution in [0, 0.1) is 0 Å². The summed E-state index contributed by atoms with van der Waals surface area (Å²) in [7, 11) is 0. The summed E-state index contributed by atoms with van der Waals surface area (Å²) in [5, 5.41) is 0. The molecule has 0 heteroatoms. The van der Waals surface area contributed by atoms with Gasteiger partial charge in [-0.1, -0.05) is 44.5 Å². The molecule has 0 aromatic heterocycles. The number of hydrogen-bond acceptors (Lipinski definition) is 0. The molecule has 2 aliphatic rings. The molecule has 0 saturated heterocycles. The first-order chi connectivity index (χ1) is 7.41. The van der Waals surface area contributed by atoms with Crippen LogP contribution in [0.25, 0.3) is 0 Å². The van der Waals surface area contributed by atoms with Crippen molar-refractivity contribution >= 4 is 0 Å². The number of benzene rings is 1. The minimum Gasteiger partial charge on any atom is -0.0683 e. The Morgan fingerprint density at radius 2 is 1.60 bits per heavy atom. The van der Waals surface area contributed by atoms with Gasteiger partial charge in [0.15, 0.2) is 0 Å². The molecule has 0 atom stereocenters. The van der Waals surface area contributed by atoms with Crippen LogP contribution >= 0.6 is 0 Å². The average molecular weight is 202 g/mol. The summed E-state index contributed by atoms with van der Waals surface area (Å²) in [5.74, 6) is 0. The second-order valence-electron chi connectivity index (χ2n) is 4.64. The molecule has 3 rings (SSSR count). The Balaban J connectivity index is 0.000000404. The molecule has 2 aliphatic carbocycles. The summed E-state index contributed by atoms with van der Waals surface area (Å²) >= 11 is 0. The summed E-state index contributed by atoms with van der Waals surface area (Å²) in [4.78, 5) is 0.